The molecule has 0 aliphatic carbocycles. The van der Waals surface area contributed by atoms with Gasteiger partial charge in [0.2, 0.25) is 5.91 Å². The molecule has 0 radical (unpaired) electrons. The van der Waals surface area contributed by atoms with Crippen molar-refractivity contribution < 1.29 is 4.79 Å². The fourth-order valence-electron chi connectivity index (χ4n) is 3.74. The molecule has 1 amide bonds. The van der Waals surface area contributed by atoms with Crippen molar-refractivity contribution in [2.75, 3.05) is 7.05 Å². The zero-order valence-corrected chi connectivity index (χ0v) is 14.5. The molecule has 2 aromatic rings. The summed E-state index contributed by atoms with van der Waals surface area (Å²) in [4.78, 5) is 27.4. The standard InChI is InChI=1S/C17H21N5OS/c1-22(14-6-11-2-3-12(7-14)20-11)16(23)8-13-10-24-17(21-13)15-9-18-4-5-19-15/h4-5,9-12,14,20H,2-3,6-8H2,1H3. The summed E-state index contributed by atoms with van der Waals surface area (Å²) in [7, 11) is 1.94. The molecule has 126 valence electrons. The number of rotatable bonds is 4. The number of hydrogen-bond donors (Lipinski definition) is 1. The quantitative estimate of drug-likeness (QED) is 0.918. The van der Waals surface area contributed by atoms with Gasteiger partial charge < -0.3 is 10.2 Å². The van der Waals surface area contributed by atoms with Crippen molar-refractivity contribution in [2.24, 2.45) is 0 Å². The molecule has 24 heavy (non-hydrogen) atoms. The van der Waals surface area contributed by atoms with E-state index in [4.69, 9.17) is 0 Å². The van der Waals surface area contributed by atoms with E-state index in [1.807, 2.05) is 17.3 Å². The molecule has 4 heterocycles. The first kappa shape index (κ1) is 15.7. The first-order chi connectivity index (χ1) is 11.7. The summed E-state index contributed by atoms with van der Waals surface area (Å²) in [6, 6.07) is 1.53. The lowest BCUT2D eigenvalue weighted by molar-refractivity contribution is -0.132. The molecule has 2 atom stereocenters. The van der Waals surface area contributed by atoms with Gasteiger partial charge in [-0.05, 0) is 25.7 Å². The molecular formula is C17H21N5OS. The predicted octanol–water partition coefficient (Wildman–Crippen LogP) is 1.88. The second kappa shape index (κ2) is 6.57. The summed E-state index contributed by atoms with van der Waals surface area (Å²) in [5, 5.41) is 6.38. The van der Waals surface area contributed by atoms with Crippen LogP contribution in [0.2, 0.25) is 0 Å². The zero-order valence-electron chi connectivity index (χ0n) is 13.7. The number of hydrogen-bond acceptors (Lipinski definition) is 6. The molecular weight excluding hydrogens is 322 g/mol. The fourth-order valence-corrected chi connectivity index (χ4v) is 4.52. The first-order valence-corrected chi connectivity index (χ1v) is 9.29. The van der Waals surface area contributed by atoms with E-state index in [-0.39, 0.29) is 5.91 Å². The average molecular weight is 343 g/mol. The summed E-state index contributed by atoms with van der Waals surface area (Å²) in [5.41, 5.74) is 1.57. The maximum Gasteiger partial charge on any atom is 0.228 e. The molecule has 0 spiro atoms. The predicted molar refractivity (Wildman–Crippen MR) is 92.6 cm³/mol. The molecule has 2 bridgehead atoms. The van der Waals surface area contributed by atoms with Crippen molar-refractivity contribution in [1.82, 2.24) is 25.2 Å². The summed E-state index contributed by atoms with van der Waals surface area (Å²) >= 11 is 1.51. The van der Waals surface area contributed by atoms with Crippen LogP contribution in [-0.2, 0) is 11.2 Å². The largest absolute Gasteiger partial charge is 0.342 e. The monoisotopic (exact) mass is 343 g/mol. The van der Waals surface area contributed by atoms with Crippen molar-refractivity contribution in [2.45, 2.75) is 50.2 Å². The number of thiazole rings is 1. The molecule has 7 heteroatoms. The Balaban J connectivity index is 1.40. The SMILES string of the molecule is CN(C(=O)Cc1csc(-c2cnccn2)n1)C1CC2CCC(C1)N2. The van der Waals surface area contributed by atoms with Gasteiger partial charge in [0.1, 0.15) is 10.7 Å². The summed E-state index contributed by atoms with van der Waals surface area (Å²) in [6.07, 6.45) is 9.98. The molecule has 2 aliphatic heterocycles. The molecule has 6 nitrogen and oxygen atoms in total. The third-order valence-electron chi connectivity index (χ3n) is 5.06. The van der Waals surface area contributed by atoms with E-state index in [2.05, 4.69) is 20.3 Å². The van der Waals surface area contributed by atoms with Gasteiger partial charge >= 0.3 is 0 Å². The van der Waals surface area contributed by atoms with Crippen molar-refractivity contribution in [1.29, 1.82) is 0 Å². The van der Waals surface area contributed by atoms with Gasteiger partial charge in [-0.1, -0.05) is 0 Å². The Labute approximate surface area is 145 Å². The van der Waals surface area contributed by atoms with Crippen LogP contribution < -0.4 is 5.32 Å². The molecule has 2 fully saturated rings. The fraction of sp³-hybridized carbons (Fsp3) is 0.529. The minimum absolute atomic E-state index is 0.150. The number of nitrogens with zero attached hydrogens (tertiary/aromatic N) is 4. The number of likely N-dealkylation sites (N-methyl/N-ethyl adjacent to an activating group) is 1. The van der Waals surface area contributed by atoms with Crippen LogP contribution in [0.15, 0.2) is 24.0 Å². The van der Waals surface area contributed by atoms with Gasteiger partial charge in [-0.25, -0.2) is 4.98 Å². The lowest BCUT2D eigenvalue weighted by Gasteiger charge is -2.35. The van der Waals surface area contributed by atoms with E-state index in [0.29, 0.717) is 24.5 Å². The van der Waals surface area contributed by atoms with E-state index in [1.54, 1.807) is 18.6 Å². The molecule has 2 aliphatic rings. The molecule has 0 saturated carbocycles. The lowest BCUT2D eigenvalue weighted by atomic mass is 9.98. The van der Waals surface area contributed by atoms with Crippen LogP contribution in [0.1, 0.15) is 31.4 Å². The van der Waals surface area contributed by atoms with Crippen molar-refractivity contribution in [3.8, 4) is 10.7 Å². The van der Waals surface area contributed by atoms with E-state index in [9.17, 15) is 4.79 Å². The number of piperidine rings is 1. The Hall–Kier alpha value is -1.86. The van der Waals surface area contributed by atoms with Gasteiger partial charge in [-0.15, -0.1) is 11.3 Å². The maximum absolute atomic E-state index is 12.6. The van der Waals surface area contributed by atoms with Gasteiger partial charge in [0, 0.05) is 42.9 Å². The summed E-state index contributed by atoms with van der Waals surface area (Å²) in [6.45, 7) is 0. The maximum atomic E-state index is 12.6. The second-order valence-corrected chi connectivity index (χ2v) is 7.54. The van der Waals surface area contributed by atoms with Crippen LogP contribution >= 0.6 is 11.3 Å². The average Bonchev–Trinajstić information content (AvgIpc) is 3.21. The Morgan fingerprint density at radius 2 is 2.12 bits per heavy atom. The molecule has 4 rings (SSSR count). The molecule has 2 saturated heterocycles. The van der Waals surface area contributed by atoms with E-state index in [0.717, 1.165) is 29.2 Å². The molecule has 2 aromatic heterocycles. The molecule has 0 aromatic carbocycles. The highest BCUT2D eigenvalue weighted by atomic mass is 32.1. The highest BCUT2D eigenvalue weighted by Gasteiger charge is 2.36. The van der Waals surface area contributed by atoms with Crippen molar-refractivity contribution in [3.05, 3.63) is 29.7 Å². The van der Waals surface area contributed by atoms with Gasteiger partial charge in [-0.2, -0.15) is 0 Å². The zero-order chi connectivity index (χ0) is 16.5. The van der Waals surface area contributed by atoms with Crippen molar-refractivity contribution >= 4 is 17.2 Å². The number of fused-ring (bicyclic) bond motifs is 2. The van der Waals surface area contributed by atoms with Gasteiger partial charge in [0.25, 0.3) is 0 Å². The lowest BCUT2D eigenvalue weighted by Crippen LogP contribution is -2.49. The summed E-state index contributed by atoms with van der Waals surface area (Å²) in [5.74, 6) is 0.150. The Bertz CT molecular complexity index is 707. The van der Waals surface area contributed by atoms with Crippen LogP contribution in [0, 0.1) is 0 Å². The van der Waals surface area contributed by atoms with Crippen LogP contribution in [0.3, 0.4) is 0 Å². The topological polar surface area (TPSA) is 71.0 Å². The van der Waals surface area contributed by atoms with Gasteiger partial charge in [-0.3, -0.25) is 14.8 Å². The van der Waals surface area contributed by atoms with Crippen LogP contribution in [0.25, 0.3) is 10.7 Å². The molecule has 2 unspecified atom stereocenters. The number of aromatic nitrogens is 3. The Kier molecular flexibility index (Phi) is 4.28. The third-order valence-corrected chi connectivity index (χ3v) is 5.97. The number of amides is 1. The van der Waals surface area contributed by atoms with E-state index < -0.39 is 0 Å². The highest BCUT2D eigenvalue weighted by Crippen LogP contribution is 2.29. The van der Waals surface area contributed by atoms with Crippen molar-refractivity contribution in [3.63, 3.8) is 0 Å². The smallest absolute Gasteiger partial charge is 0.228 e. The Morgan fingerprint density at radius 1 is 1.33 bits per heavy atom. The normalized spacial score (nSPS) is 25.6. The minimum atomic E-state index is 0.150. The second-order valence-electron chi connectivity index (χ2n) is 6.68. The number of nitrogens with one attached hydrogen (secondary N) is 1. The Morgan fingerprint density at radius 3 is 2.83 bits per heavy atom. The van der Waals surface area contributed by atoms with Crippen LogP contribution in [-0.4, -0.2) is 50.9 Å². The molecule has 1 N–H and O–H groups in total. The van der Waals surface area contributed by atoms with Gasteiger partial charge in [0.05, 0.1) is 18.3 Å². The highest BCUT2D eigenvalue weighted by molar-refractivity contribution is 7.13. The van der Waals surface area contributed by atoms with Crippen LogP contribution in [0.4, 0.5) is 0 Å². The minimum Gasteiger partial charge on any atom is -0.342 e. The first-order valence-electron chi connectivity index (χ1n) is 8.41. The van der Waals surface area contributed by atoms with E-state index in [1.165, 1.54) is 24.2 Å². The number of carbonyl (C=O) groups excluding carboxylic acids is 1. The summed E-state index contributed by atoms with van der Waals surface area (Å²) < 4.78 is 0. The third kappa shape index (κ3) is 3.18. The number of carbonyl (C=O) groups is 1. The van der Waals surface area contributed by atoms with Crippen LogP contribution in [0.5, 0.6) is 0 Å². The van der Waals surface area contributed by atoms with Gasteiger partial charge in [0.15, 0.2) is 0 Å². The van der Waals surface area contributed by atoms with E-state index >= 15 is 0 Å².